The maximum absolute atomic E-state index is 2.56. The Kier molecular flexibility index (Phi) is 23.7. The van der Waals surface area contributed by atoms with Crippen molar-refractivity contribution >= 4 is 29.1 Å². The van der Waals surface area contributed by atoms with Crippen molar-refractivity contribution in [3.05, 3.63) is 0 Å². The van der Waals surface area contributed by atoms with E-state index in [1.165, 1.54) is 77.0 Å². The van der Waals surface area contributed by atoms with Crippen LogP contribution in [0.3, 0.4) is 0 Å². The van der Waals surface area contributed by atoms with E-state index in [1.54, 1.807) is 37.0 Å². The number of unbranched alkanes of at least 4 members (excludes halogenated alkanes) is 6. The molecule has 4 heteroatoms. The van der Waals surface area contributed by atoms with E-state index in [-0.39, 0.29) is 17.0 Å². The van der Waals surface area contributed by atoms with Gasteiger partial charge in [0.25, 0.3) is 0 Å². The van der Waals surface area contributed by atoms with Crippen molar-refractivity contribution in [1.82, 2.24) is 0 Å². The second-order valence-corrected chi connectivity index (χ2v) is 25.4. The summed E-state index contributed by atoms with van der Waals surface area (Å²) in [6.07, 6.45) is 27.4. The van der Waals surface area contributed by atoms with Crippen molar-refractivity contribution in [1.29, 1.82) is 0 Å². The quantitative estimate of drug-likeness (QED) is 0.105. The molecule has 0 atom stereocenters. The Morgan fingerprint density at radius 1 is 0.393 bits per heavy atom. The van der Waals surface area contributed by atoms with Gasteiger partial charge in [-0.05, 0) is 0 Å². The molecule has 0 N–H and O–H groups in total. The van der Waals surface area contributed by atoms with Crippen molar-refractivity contribution in [2.75, 3.05) is 37.0 Å². The predicted molar refractivity (Wildman–Crippen MR) is 146 cm³/mol. The molecule has 0 radical (unpaired) electrons. The van der Waals surface area contributed by atoms with E-state index in [2.05, 4.69) is 55.1 Å². The molecule has 0 aromatic carbocycles. The van der Waals surface area contributed by atoms with Gasteiger partial charge in [-0.15, -0.1) is 17.0 Å². The molecule has 0 aliphatic heterocycles. The average Bonchev–Trinajstić information content (AvgIpc) is 2.70. The molecule has 28 heavy (non-hydrogen) atoms. The molecular formula is C24H57BrNiP2. The molecule has 0 saturated carbocycles. The number of rotatable bonds is 20. The second-order valence-electron chi connectivity index (χ2n) is 8.87. The van der Waals surface area contributed by atoms with E-state index in [0.29, 0.717) is 0 Å². The van der Waals surface area contributed by atoms with E-state index in [4.69, 9.17) is 0 Å². The van der Waals surface area contributed by atoms with Crippen LogP contribution in [0.4, 0.5) is 0 Å². The molecule has 0 spiro atoms. The van der Waals surface area contributed by atoms with Crippen molar-refractivity contribution in [3.8, 4) is 0 Å². The maximum atomic E-state index is 2.56. The first-order chi connectivity index (χ1) is 13.1. The Bertz CT molecular complexity index is 252. The number of halogens is 1. The summed E-state index contributed by atoms with van der Waals surface area (Å²) in [6.45, 7) is 14.5. The average molecular weight is 546 g/mol. The van der Waals surface area contributed by atoms with Crippen LogP contribution in [0.5, 0.6) is 0 Å². The van der Waals surface area contributed by atoms with Gasteiger partial charge in [0, 0.05) is 0 Å². The van der Waals surface area contributed by atoms with Gasteiger partial charge in [0.05, 0.1) is 0 Å². The first-order valence-corrected chi connectivity index (χ1v) is 20.5. The summed E-state index contributed by atoms with van der Waals surface area (Å²) in [7, 11) is 0. The molecule has 0 aromatic heterocycles. The molecule has 0 bridgehead atoms. The van der Waals surface area contributed by atoms with Crippen LogP contribution in [0.2, 0.25) is 0 Å². The summed E-state index contributed by atoms with van der Waals surface area (Å²) < 4.78 is 0. The minimum absolute atomic E-state index is 0. The number of hydrogen-bond acceptors (Lipinski definition) is 0. The molecule has 0 saturated heterocycles. The van der Waals surface area contributed by atoms with Crippen molar-refractivity contribution < 1.29 is 13.6 Å². The SMILES string of the molecule is Br.CCCC[PH](CCCC)(CCCC)[Ni][PH](CCCC)(CCCC)CCCC. The Hall–Kier alpha value is 1.83. The third-order valence-electron chi connectivity index (χ3n) is 6.11. The van der Waals surface area contributed by atoms with Gasteiger partial charge in [-0.1, -0.05) is 0 Å². The van der Waals surface area contributed by atoms with Crippen LogP contribution >= 0.6 is 29.1 Å². The summed E-state index contributed by atoms with van der Waals surface area (Å²) in [4.78, 5) is 0. The molecule has 0 amide bonds. The molecule has 0 aliphatic carbocycles. The number of hydrogen-bond donors (Lipinski definition) is 0. The van der Waals surface area contributed by atoms with E-state index in [0.717, 1.165) is 0 Å². The normalized spacial score (nSPS) is 13.5. The summed E-state index contributed by atoms with van der Waals surface area (Å²) in [6, 6.07) is -2.29. The van der Waals surface area contributed by atoms with Gasteiger partial charge in [0.15, 0.2) is 0 Å². The standard InChI is InChI=1S/2C12H27P.BrH.Ni/c2*1-4-7-10-13(11-8-5-2)12-9-6-3;;/h2*4-12H2,1-3H3;1H;/q;;;-2/p+2. The van der Waals surface area contributed by atoms with Crippen molar-refractivity contribution in [3.63, 3.8) is 0 Å². The topological polar surface area (TPSA) is 0 Å². The monoisotopic (exact) mass is 544 g/mol. The third-order valence-corrected chi connectivity index (χ3v) is 30.0. The Morgan fingerprint density at radius 2 is 0.571 bits per heavy atom. The molecule has 0 heterocycles. The first-order valence-electron chi connectivity index (χ1n) is 12.7. The van der Waals surface area contributed by atoms with E-state index >= 15 is 0 Å². The van der Waals surface area contributed by atoms with Crippen LogP contribution in [0, 0.1) is 0 Å². The first kappa shape index (κ1) is 32.0. The fraction of sp³-hybridized carbons (Fsp3) is 1.00. The summed E-state index contributed by atoms with van der Waals surface area (Å²) >= 11 is 2.56. The van der Waals surface area contributed by atoms with Crippen LogP contribution in [0.15, 0.2) is 0 Å². The molecular weight excluding hydrogens is 489 g/mol. The second kappa shape index (κ2) is 20.7. The fourth-order valence-corrected chi connectivity index (χ4v) is 36.1. The zero-order valence-electron chi connectivity index (χ0n) is 20.5. The molecule has 0 aromatic rings. The molecule has 0 aliphatic rings. The van der Waals surface area contributed by atoms with Crippen molar-refractivity contribution in [2.45, 2.75) is 119 Å². The molecule has 0 nitrogen and oxygen atoms in total. The van der Waals surface area contributed by atoms with Crippen LogP contribution in [0.1, 0.15) is 119 Å². The van der Waals surface area contributed by atoms with Gasteiger partial charge in [0.1, 0.15) is 0 Å². The zero-order chi connectivity index (χ0) is 20.4. The van der Waals surface area contributed by atoms with Gasteiger partial charge in [0.2, 0.25) is 0 Å². The molecule has 0 unspecified atom stereocenters. The van der Waals surface area contributed by atoms with Crippen LogP contribution in [-0.2, 0) is 13.6 Å². The van der Waals surface area contributed by atoms with Gasteiger partial charge in [-0.25, -0.2) is 0 Å². The van der Waals surface area contributed by atoms with E-state index in [9.17, 15) is 0 Å². The summed E-state index contributed by atoms with van der Waals surface area (Å²) in [5, 5.41) is 0. The van der Waals surface area contributed by atoms with Gasteiger partial charge in [-0.2, -0.15) is 0 Å². The van der Waals surface area contributed by atoms with Crippen molar-refractivity contribution in [2.24, 2.45) is 0 Å². The summed E-state index contributed by atoms with van der Waals surface area (Å²) in [5.74, 6) is 0. The molecule has 180 valence electrons. The summed E-state index contributed by atoms with van der Waals surface area (Å²) in [5.41, 5.74) is 0. The predicted octanol–water partition coefficient (Wildman–Crippen LogP) is 9.78. The molecule has 0 rings (SSSR count). The van der Waals surface area contributed by atoms with E-state index in [1.807, 2.05) is 0 Å². The Labute approximate surface area is 197 Å². The van der Waals surface area contributed by atoms with Crippen LogP contribution in [0.25, 0.3) is 0 Å². The fourth-order valence-electron chi connectivity index (χ4n) is 4.24. The van der Waals surface area contributed by atoms with Gasteiger partial charge in [-0.3, -0.25) is 0 Å². The molecule has 0 fully saturated rings. The van der Waals surface area contributed by atoms with Gasteiger partial charge >= 0.3 is 181 Å². The zero-order valence-corrected chi connectivity index (χ0v) is 25.2. The third kappa shape index (κ3) is 14.0. The van der Waals surface area contributed by atoms with Crippen LogP contribution in [-0.4, -0.2) is 37.0 Å². The van der Waals surface area contributed by atoms with Crippen LogP contribution < -0.4 is 0 Å². The van der Waals surface area contributed by atoms with E-state index < -0.39 is 12.1 Å². The van der Waals surface area contributed by atoms with Gasteiger partial charge < -0.3 is 0 Å². The Balaban J connectivity index is 0. The Morgan fingerprint density at radius 3 is 0.714 bits per heavy atom. The minimum atomic E-state index is -1.14.